The molecule has 3 aromatic carbocycles. The summed E-state index contributed by atoms with van der Waals surface area (Å²) < 4.78 is 0. The summed E-state index contributed by atoms with van der Waals surface area (Å²) in [6, 6.07) is 24.0. The number of allylic oxidation sites excluding steroid dienone is 1. The topological polar surface area (TPSA) is 39.1 Å². The first-order valence-corrected chi connectivity index (χ1v) is 13.1. The van der Waals surface area contributed by atoms with Crippen LogP contribution in [0.3, 0.4) is 0 Å². The van der Waals surface area contributed by atoms with Crippen molar-refractivity contribution in [2.24, 2.45) is 11.0 Å². The van der Waals surface area contributed by atoms with Gasteiger partial charge in [0.2, 0.25) is 0 Å². The minimum absolute atomic E-state index is 0.102. The van der Waals surface area contributed by atoms with Gasteiger partial charge >= 0.3 is 0 Å². The van der Waals surface area contributed by atoms with E-state index in [-0.39, 0.29) is 17.9 Å². The number of halogens is 1. The zero-order chi connectivity index (χ0) is 26.1. The number of hydrogen-bond acceptors (Lipinski definition) is 4. The zero-order valence-electron chi connectivity index (χ0n) is 21.9. The number of anilines is 2. The molecular formula is C31H33ClN4O. The fourth-order valence-electron chi connectivity index (χ4n) is 5.27. The highest BCUT2D eigenvalue weighted by Gasteiger charge is 2.43. The fraction of sp³-hybridized carbons (Fsp3) is 0.290. The SMILES string of the molecule is CN(C)c1ccc(/C=C2\CCC[C@@H]3C2=NN(C(=O)c2ccc(Cl)cc2)[C@H]3c2ccc(N(C)C)cc2)cc1. The molecule has 0 aromatic heterocycles. The highest BCUT2D eigenvalue weighted by molar-refractivity contribution is 6.30. The van der Waals surface area contributed by atoms with Crippen LogP contribution in [0.4, 0.5) is 11.4 Å². The van der Waals surface area contributed by atoms with Gasteiger partial charge in [0.15, 0.2) is 0 Å². The molecule has 0 unspecified atom stereocenters. The number of benzene rings is 3. The van der Waals surface area contributed by atoms with Crippen LogP contribution in [0.5, 0.6) is 0 Å². The predicted molar refractivity (Wildman–Crippen MR) is 155 cm³/mol. The second-order valence-corrected chi connectivity index (χ2v) is 10.7. The average Bonchev–Trinajstić information content (AvgIpc) is 3.30. The van der Waals surface area contributed by atoms with E-state index < -0.39 is 0 Å². The molecule has 2 aliphatic rings. The smallest absolute Gasteiger partial charge is 0.274 e. The molecule has 0 saturated heterocycles. The van der Waals surface area contributed by atoms with Crippen LogP contribution >= 0.6 is 11.6 Å². The van der Waals surface area contributed by atoms with E-state index in [1.165, 1.54) is 11.3 Å². The van der Waals surface area contributed by atoms with Crippen molar-refractivity contribution in [3.63, 3.8) is 0 Å². The van der Waals surface area contributed by atoms with Crippen LogP contribution < -0.4 is 9.80 Å². The molecule has 1 saturated carbocycles. The molecule has 0 spiro atoms. The summed E-state index contributed by atoms with van der Waals surface area (Å²) in [6.07, 6.45) is 5.27. The molecule has 1 heterocycles. The Kier molecular flexibility index (Phi) is 7.07. The molecule has 5 nitrogen and oxygen atoms in total. The summed E-state index contributed by atoms with van der Waals surface area (Å²) >= 11 is 6.10. The molecule has 2 atom stereocenters. The molecule has 3 aromatic rings. The van der Waals surface area contributed by atoms with Gasteiger partial charge in [0, 0.05) is 56.1 Å². The first kappa shape index (κ1) is 25.1. The van der Waals surface area contributed by atoms with Gasteiger partial charge in [-0.1, -0.05) is 35.9 Å². The Bertz CT molecular complexity index is 1330. The first-order valence-electron chi connectivity index (χ1n) is 12.7. The lowest BCUT2D eigenvalue weighted by Gasteiger charge is -2.30. The van der Waals surface area contributed by atoms with Gasteiger partial charge in [0.1, 0.15) is 0 Å². The monoisotopic (exact) mass is 512 g/mol. The predicted octanol–water partition coefficient (Wildman–Crippen LogP) is 6.91. The minimum Gasteiger partial charge on any atom is -0.378 e. The van der Waals surface area contributed by atoms with Crippen LogP contribution in [-0.4, -0.2) is 44.8 Å². The molecule has 1 aliphatic carbocycles. The van der Waals surface area contributed by atoms with Crippen molar-refractivity contribution >= 4 is 40.7 Å². The van der Waals surface area contributed by atoms with Crippen molar-refractivity contribution < 1.29 is 4.79 Å². The van der Waals surface area contributed by atoms with Gasteiger partial charge in [-0.3, -0.25) is 4.79 Å². The maximum Gasteiger partial charge on any atom is 0.274 e. The molecule has 37 heavy (non-hydrogen) atoms. The van der Waals surface area contributed by atoms with Gasteiger partial charge in [0.05, 0.1) is 11.8 Å². The van der Waals surface area contributed by atoms with E-state index in [9.17, 15) is 4.79 Å². The lowest BCUT2D eigenvalue weighted by atomic mass is 9.77. The van der Waals surface area contributed by atoms with Gasteiger partial charge < -0.3 is 9.80 Å². The fourth-order valence-corrected chi connectivity index (χ4v) is 5.39. The van der Waals surface area contributed by atoms with Gasteiger partial charge in [-0.15, -0.1) is 0 Å². The Hall–Kier alpha value is -3.57. The maximum atomic E-state index is 13.8. The van der Waals surface area contributed by atoms with Crippen molar-refractivity contribution in [1.82, 2.24) is 5.01 Å². The van der Waals surface area contributed by atoms with Gasteiger partial charge in [-0.2, -0.15) is 5.10 Å². The molecule has 0 N–H and O–H groups in total. The van der Waals surface area contributed by atoms with Crippen molar-refractivity contribution in [2.45, 2.75) is 25.3 Å². The third kappa shape index (κ3) is 5.14. The molecule has 5 rings (SSSR count). The largest absolute Gasteiger partial charge is 0.378 e. The van der Waals surface area contributed by atoms with Crippen LogP contribution in [0.25, 0.3) is 6.08 Å². The van der Waals surface area contributed by atoms with Crippen molar-refractivity contribution in [3.8, 4) is 0 Å². The van der Waals surface area contributed by atoms with Crippen LogP contribution in [0.2, 0.25) is 5.02 Å². The number of rotatable bonds is 5. The third-order valence-corrected chi connectivity index (χ3v) is 7.55. The van der Waals surface area contributed by atoms with Gasteiger partial charge in [-0.25, -0.2) is 5.01 Å². The molecule has 0 radical (unpaired) electrons. The highest BCUT2D eigenvalue weighted by atomic mass is 35.5. The Labute approximate surface area is 224 Å². The van der Waals surface area contributed by atoms with Crippen molar-refractivity contribution in [2.75, 3.05) is 38.0 Å². The van der Waals surface area contributed by atoms with E-state index in [2.05, 4.69) is 64.4 Å². The van der Waals surface area contributed by atoms with Crippen LogP contribution in [-0.2, 0) is 0 Å². The summed E-state index contributed by atoms with van der Waals surface area (Å²) in [6.45, 7) is 0. The van der Waals surface area contributed by atoms with Crippen LogP contribution in [0, 0.1) is 5.92 Å². The second-order valence-electron chi connectivity index (χ2n) is 10.2. The quantitative estimate of drug-likeness (QED) is 0.373. The normalized spacial score (nSPS) is 20.0. The number of nitrogens with zero attached hydrogens (tertiary/aromatic N) is 4. The number of carbonyl (C=O) groups is 1. The Morgan fingerprint density at radius 1 is 0.892 bits per heavy atom. The zero-order valence-corrected chi connectivity index (χ0v) is 22.6. The van der Waals surface area contributed by atoms with E-state index in [4.69, 9.17) is 16.7 Å². The van der Waals surface area contributed by atoms with Crippen LogP contribution in [0.15, 0.2) is 83.5 Å². The average molecular weight is 513 g/mol. The van der Waals surface area contributed by atoms with E-state index in [0.29, 0.717) is 10.6 Å². The van der Waals surface area contributed by atoms with Crippen molar-refractivity contribution in [1.29, 1.82) is 0 Å². The van der Waals surface area contributed by atoms with E-state index >= 15 is 0 Å². The molecule has 1 fully saturated rings. The van der Waals surface area contributed by atoms with Crippen LogP contribution in [0.1, 0.15) is 46.8 Å². The van der Waals surface area contributed by atoms with Gasteiger partial charge in [0.25, 0.3) is 5.91 Å². The van der Waals surface area contributed by atoms with E-state index in [1.54, 1.807) is 29.3 Å². The first-order chi connectivity index (χ1) is 17.8. The summed E-state index contributed by atoms with van der Waals surface area (Å²) in [7, 11) is 8.16. The highest BCUT2D eigenvalue weighted by Crippen LogP contribution is 2.45. The Morgan fingerprint density at radius 2 is 1.49 bits per heavy atom. The number of hydrogen-bond donors (Lipinski definition) is 0. The molecule has 1 amide bonds. The molecule has 190 valence electrons. The second kappa shape index (κ2) is 10.4. The van der Waals surface area contributed by atoms with E-state index in [0.717, 1.165) is 41.8 Å². The molecular weight excluding hydrogens is 480 g/mol. The lowest BCUT2D eigenvalue weighted by molar-refractivity contribution is 0.0681. The number of amides is 1. The standard InChI is InChI=1S/C31H33ClN4O/c1-34(2)26-16-8-21(9-17-26)20-24-6-5-7-28-29(24)33-36(31(37)23-10-14-25(32)15-11-23)30(28)22-12-18-27(19-13-22)35(3)4/h8-20,28,30H,5-7H2,1-4H3/b24-20+/t28-,30+/m1/s1. The molecule has 1 aliphatic heterocycles. The summed E-state index contributed by atoms with van der Waals surface area (Å²) in [4.78, 5) is 18.0. The van der Waals surface area contributed by atoms with Gasteiger partial charge in [-0.05, 0) is 90.6 Å². The Balaban J connectivity index is 1.54. The lowest BCUT2D eigenvalue weighted by Crippen LogP contribution is -2.32. The minimum atomic E-state index is -0.144. The van der Waals surface area contributed by atoms with Crippen molar-refractivity contribution in [3.05, 3.63) is 100 Å². The summed E-state index contributed by atoms with van der Waals surface area (Å²) in [5.74, 6) is 0.0532. The number of fused-ring (bicyclic) bond motifs is 1. The third-order valence-electron chi connectivity index (χ3n) is 7.30. The summed E-state index contributed by atoms with van der Waals surface area (Å²) in [5, 5.41) is 7.35. The number of carbonyl (C=O) groups excluding carboxylic acids is 1. The number of hydrazone groups is 1. The Morgan fingerprint density at radius 3 is 2.08 bits per heavy atom. The van der Waals surface area contributed by atoms with E-state index in [1.807, 2.05) is 28.2 Å². The maximum absolute atomic E-state index is 13.8. The summed E-state index contributed by atoms with van der Waals surface area (Å²) in [5.41, 5.74) is 7.40. The molecule has 6 heteroatoms. The molecule has 0 bridgehead atoms.